The van der Waals surface area contributed by atoms with Crippen LogP contribution in [0.2, 0.25) is 0 Å². The number of aromatic nitrogens is 2. The van der Waals surface area contributed by atoms with Gasteiger partial charge in [0.25, 0.3) is 0 Å². The number of likely N-dealkylation sites (N-methyl/N-ethyl adjacent to an activating group) is 1. The van der Waals surface area contributed by atoms with Crippen LogP contribution in [0.15, 0.2) is 23.6 Å². The van der Waals surface area contributed by atoms with Crippen LogP contribution in [0.3, 0.4) is 0 Å². The normalized spacial score (nSPS) is 14.5. The van der Waals surface area contributed by atoms with E-state index in [1.165, 1.54) is 0 Å². The van der Waals surface area contributed by atoms with Gasteiger partial charge in [0.2, 0.25) is 0 Å². The van der Waals surface area contributed by atoms with E-state index in [1.54, 1.807) is 30.4 Å². The lowest BCUT2D eigenvalue weighted by Gasteiger charge is -2.30. The number of hydrogen-bond donors (Lipinski definition) is 2. The molecule has 0 bridgehead atoms. The molecule has 0 aliphatic heterocycles. The zero-order valence-electron chi connectivity index (χ0n) is 10.5. The van der Waals surface area contributed by atoms with Gasteiger partial charge in [-0.1, -0.05) is 6.92 Å². The molecule has 1 heterocycles. The summed E-state index contributed by atoms with van der Waals surface area (Å²) in [6.07, 6.45) is 8.14. The molecule has 0 saturated carbocycles. The minimum atomic E-state index is -0.122. The molecule has 1 unspecified atom stereocenters. The molecule has 0 spiro atoms. The Morgan fingerprint density at radius 1 is 1.47 bits per heavy atom. The first-order chi connectivity index (χ1) is 8.26. The van der Waals surface area contributed by atoms with Gasteiger partial charge in [0, 0.05) is 17.9 Å². The average molecular weight is 255 g/mol. The highest BCUT2D eigenvalue weighted by atomic mass is 32.2. The van der Waals surface area contributed by atoms with Gasteiger partial charge in [-0.2, -0.15) is 0 Å². The molecule has 0 amide bonds. The smallest absolute Gasteiger partial charge is 0.114 e. The first-order valence-corrected chi connectivity index (χ1v) is 6.93. The van der Waals surface area contributed by atoms with Crippen LogP contribution in [0, 0.1) is 0 Å². The topological polar surface area (TPSA) is 58.0 Å². The minimum Gasteiger partial charge on any atom is -0.394 e. The third-order valence-corrected chi connectivity index (χ3v) is 4.10. The van der Waals surface area contributed by atoms with E-state index in [1.807, 2.05) is 7.05 Å². The second-order valence-electron chi connectivity index (χ2n) is 4.04. The molecular weight excluding hydrogens is 234 g/mol. The Morgan fingerprint density at radius 3 is 2.82 bits per heavy atom. The van der Waals surface area contributed by atoms with Crippen molar-refractivity contribution in [2.45, 2.75) is 36.8 Å². The molecule has 0 saturated heterocycles. The van der Waals surface area contributed by atoms with Crippen LogP contribution in [-0.2, 0) is 0 Å². The number of aliphatic hydroxyl groups excluding tert-OH is 1. The highest BCUT2D eigenvalue weighted by Gasteiger charge is 2.23. The van der Waals surface area contributed by atoms with E-state index < -0.39 is 0 Å². The largest absolute Gasteiger partial charge is 0.394 e. The van der Waals surface area contributed by atoms with Crippen LogP contribution in [0.4, 0.5) is 0 Å². The summed E-state index contributed by atoms with van der Waals surface area (Å²) in [5.41, 5.74) is -0.122. The van der Waals surface area contributed by atoms with E-state index in [-0.39, 0.29) is 12.1 Å². The van der Waals surface area contributed by atoms with E-state index in [0.29, 0.717) is 0 Å². The summed E-state index contributed by atoms with van der Waals surface area (Å²) in [6, 6.07) is 0. The van der Waals surface area contributed by atoms with Crippen LogP contribution in [-0.4, -0.2) is 40.0 Å². The summed E-state index contributed by atoms with van der Waals surface area (Å²) in [5.74, 6) is 1.00. The molecule has 4 nitrogen and oxygen atoms in total. The molecule has 5 heteroatoms. The quantitative estimate of drug-likeness (QED) is 0.547. The highest BCUT2D eigenvalue weighted by Crippen LogP contribution is 2.20. The Morgan fingerprint density at radius 2 is 2.29 bits per heavy atom. The number of thioether (sulfide) groups is 1. The number of aliphatic hydroxyl groups is 1. The molecule has 17 heavy (non-hydrogen) atoms. The van der Waals surface area contributed by atoms with Crippen LogP contribution in [0.25, 0.3) is 0 Å². The van der Waals surface area contributed by atoms with E-state index in [4.69, 9.17) is 0 Å². The third kappa shape index (κ3) is 4.61. The van der Waals surface area contributed by atoms with Gasteiger partial charge in [0.15, 0.2) is 0 Å². The molecule has 2 N–H and O–H groups in total. The fourth-order valence-electron chi connectivity index (χ4n) is 1.70. The molecule has 0 aliphatic rings. The maximum atomic E-state index is 9.40. The van der Waals surface area contributed by atoms with E-state index in [0.717, 1.165) is 30.0 Å². The third-order valence-electron chi connectivity index (χ3n) is 3.10. The molecule has 0 aliphatic carbocycles. The first-order valence-electron chi connectivity index (χ1n) is 5.95. The van der Waals surface area contributed by atoms with Crippen molar-refractivity contribution in [2.24, 2.45) is 0 Å². The zero-order chi connectivity index (χ0) is 12.6. The monoisotopic (exact) mass is 255 g/mol. The maximum Gasteiger partial charge on any atom is 0.114 e. The predicted octanol–water partition coefficient (Wildman–Crippen LogP) is 1.71. The van der Waals surface area contributed by atoms with Gasteiger partial charge in [-0.25, -0.2) is 4.98 Å². The Labute approximate surface area is 107 Å². The highest BCUT2D eigenvalue weighted by molar-refractivity contribution is 7.99. The van der Waals surface area contributed by atoms with Crippen molar-refractivity contribution in [3.05, 3.63) is 18.6 Å². The second kappa shape index (κ2) is 7.63. The van der Waals surface area contributed by atoms with Crippen LogP contribution >= 0.6 is 11.8 Å². The number of nitrogens with one attached hydrogen (secondary N) is 1. The summed E-state index contributed by atoms with van der Waals surface area (Å²) in [6.45, 7) is 2.29. The fraction of sp³-hybridized carbons (Fsp3) is 0.667. The van der Waals surface area contributed by atoms with Crippen molar-refractivity contribution in [1.29, 1.82) is 0 Å². The van der Waals surface area contributed by atoms with Gasteiger partial charge >= 0.3 is 0 Å². The van der Waals surface area contributed by atoms with Crippen molar-refractivity contribution < 1.29 is 5.11 Å². The maximum absolute atomic E-state index is 9.40. The molecule has 1 aromatic heterocycles. The van der Waals surface area contributed by atoms with Gasteiger partial charge in [-0.15, -0.1) is 11.8 Å². The SMILES string of the molecule is CCC(CO)(CCCSc1cnccn1)NC. The minimum absolute atomic E-state index is 0.122. The molecule has 0 fully saturated rings. The van der Waals surface area contributed by atoms with E-state index >= 15 is 0 Å². The van der Waals surface area contributed by atoms with Crippen molar-refractivity contribution in [3.8, 4) is 0 Å². The summed E-state index contributed by atoms with van der Waals surface area (Å²) >= 11 is 1.71. The van der Waals surface area contributed by atoms with Crippen LogP contribution in [0.5, 0.6) is 0 Å². The number of nitrogens with zero attached hydrogens (tertiary/aromatic N) is 2. The number of hydrogen-bond acceptors (Lipinski definition) is 5. The molecular formula is C12H21N3OS. The van der Waals surface area contributed by atoms with E-state index in [2.05, 4.69) is 22.2 Å². The summed E-state index contributed by atoms with van der Waals surface area (Å²) < 4.78 is 0. The van der Waals surface area contributed by atoms with E-state index in [9.17, 15) is 5.11 Å². The lowest BCUT2D eigenvalue weighted by Crippen LogP contribution is -2.45. The van der Waals surface area contributed by atoms with Gasteiger partial charge in [0.1, 0.15) is 5.03 Å². The standard InChI is InChI=1S/C12H21N3OS/c1-3-12(10-16,13-2)5-4-8-17-11-9-14-6-7-15-11/h6-7,9,13,16H,3-5,8,10H2,1-2H3. The molecule has 0 radical (unpaired) electrons. The van der Waals surface area contributed by atoms with Crippen molar-refractivity contribution in [1.82, 2.24) is 15.3 Å². The lowest BCUT2D eigenvalue weighted by atomic mass is 9.92. The predicted molar refractivity (Wildman–Crippen MR) is 71.2 cm³/mol. The van der Waals surface area contributed by atoms with Crippen molar-refractivity contribution >= 4 is 11.8 Å². The van der Waals surface area contributed by atoms with Crippen LogP contribution in [0.1, 0.15) is 26.2 Å². The van der Waals surface area contributed by atoms with Crippen molar-refractivity contribution in [3.63, 3.8) is 0 Å². The number of rotatable bonds is 8. The Kier molecular flexibility index (Phi) is 6.47. The molecule has 96 valence electrons. The zero-order valence-corrected chi connectivity index (χ0v) is 11.3. The summed E-state index contributed by atoms with van der Waals surface area (Å²) in [7, 11) is 1.91. The molecule has 1 atom stereocenters. The second-order valence-corrected chi connectivity index (χ2v) is 5.15. The summed E-state index contributed by atoms with van der Waals surface area (Å²) in [4.78, 5) is 8.23. The Bertz CT molecular complexity index is 296. The Balaban J connectivity index is 2.28. The van der Waals surface area contributed by atoms with Gasteiger partial charge in [-0.05, 0) is 32.1 Å². The lowest BCUT2D eigenvalue weighted by molar-refractivity contribution is 0.154. The average Bonchev–Trinajstić information content (AvgIpc) is 2.41. The van der Waals surface area contributed by atoms with Gasteiger partial charge in [-0.3, -0.25) is 4.98 Å². The van der Waals surface area contributed by atoms with Crippen molar-refractivity contribution in [2.75, 3.05) is 19.4 Å². The molecule has 1 rings (SSSR count). The Hall–Kier alpha value is -0.650. The molecule has 1 aromatic rings. The van der Waals surface area contributed by atoms with Gasteiger partial charge < -0.3 is 10.4 Å². The molecule has 0 aromatic carbocycles. The van der Waals surface area contributed by atoms with Gasteiger partial charge in [0.05, 0.1) is 12.8 Å². The van der Waals surface area contributed by atoms with Crippen LogP contribution < -0.4 is 5.32 Å². The fourth-order valence-corrected chi connectivity index (χ4v) is 2.46. The first kappa shape index (κ1) is 14.4. The summed E-state index contributed by atoms with van der Waals surface area (Å²) in [5, 5.41) is 13.6.